The Kier molecular flexibility index (Phi) is 12.6. The van der Waals surface area contributed by atoms with Gasteiger partial charge in [0.05, 0.1) is 0 Å². The van der Waals surface area contributed by atoms with Gasteiger partial charge in [-0.15, -0.1) is 0 Å². The van der Waals surface area contributed by atoms with E-state index in [0.717, 1.165) is 0 Å². The van der Waals surface area contributed by atoms with Crippen molar-refractivity contribution in [2.75, 3.05) is 0 Å². The Morgan fingerprint density at radius 1 is 0.387 bits per heavy atom. The predicted molar refractivity (Wildman–Crippen MR) is 143 cm³/mol. The molecule has 21 heteroatoms. The fourth-order valence-electron chi connectivity index (χ4n) is 1.48. The van der Waals surface area contributed by atoms with Gasteiger partial charge >= 0.3 is 0 Å². The van der Waals surface area contributed by atoms with Crippen LogP contribution in [0.15, 0.2) is 0 Å². The molecule has 0 unspecified atom stereocenters. The third-order valence-electron chi connectivity index (χ3n) is 3.28. The summed E-state index contributed by atoms with van der Waals surface area (Å²) in [5, 5.41) is 0. The van der Waals surface area contributed by atoms with Crippen molar-refractivity contribution in [3.05, 3.63) is 0 Å². The summed E-state index contributed by atoms with van der Waals surface area (Å²) in [5.41, 5.74) is 0. The number of rotatable bonds is 9. The van der Waals surface area contributed by atoms with Crippen molar-refractivity contribution in [1.82, 2.24) is 0 Å². The molecule has 0 aromatic heterocycles. The maximum Gasteiger partial charge on any atom is 0.297 e. The first-order valence-corrected chi connectivity index (χ1v) is 13.4. The Bertz CT molecular complexity index is 674. The van der Waals surface area contributed by atoms with Crippen LogP contribution >= 0.6 is 220 Å². The normalized spacial score (nSPS) is 16.4. The number of halogens is 19. The van der Waals surface area contributed by atoms with E-state index in [-0.39, 0.29) is 6.47 Å². The zero-order valence-corrected chi connectivity index (χ0v) is 27.4. The summed E-state index contributed by atoms with van der Waals surface area (Å²) in [6, 6.07) is 0. The highest BCUT2D eigenvalue weighted by molar-refractivity contribution is 6.83. The van der Waals surface area contributed by atoms with E-state index in [1.54, 1.807) is 0 Å². The van der Waals surface area contributed by atoms with Crippen LogP contribution in [0, 0.1) is 0 Å². The number of ether oxygens (including phenoxy) is 1. The molecule has 0 radical (unpaired) electrons. The fourth-order valence-corrected chi connectivity index (χ4v) is 7.19. The molecule has 0 saturated carbocycles. The smallest absolute Gasteiger partial charge is 0.297 e. The average molecular weight is 827 g/mol. The van der Waals surface area contributed by atoms with Crippen LogP contribution in [0.25, 0.3) is 0 Å². The monoisotopic (exact) mass is 817 g/mol. The number of hydrogen-bond donors (Lipinski definition) is 0. The van der Waals surface area contributed by atoms with Gasteiger partial charge in [0.25, 0.3) is 11.0 Å². The van der Waals surface area contributed by atoms with Crippen LogP contribution in [-0.2, 0) is 9.53 Å². The molecule has 0 rings (SSSR count). The fraction of sp³-hybridized carbons (Fsp3) is 0.900. The summed E-state index contributed by atoms with van der Waals surface area (Å²) in [5.74, 6) is 0. The van der Waals surface area contributed by atoms with Crippen LogP contribution < -0.4 is 0 Å². The predicted octanol–water partition coefficient (Wildman–Crippen LogP) is 10.9. The van der Waals surface area contributed by atoms with Crippen molar-refractivity contribution < 1.29 is 9.53 Å². The molecule has 0 saturated heterocycles. The molecule has 2 nitrogen and oxygen atoms in total. The second kappa shape index (κ2) is 10.9. The minimum Gasteiger partial charge on any atom is -0.427 e. The van der Waals surface area contributed by atoms with Crippen LogP contribution in [0.2, 0.25) is 0 Å². The first kappa shape index (κ1) is 36.0. The van der Waals surface area contributed by atoms with Crippen LogP contribution in [-0.4, -0.2) is 45.1 Å². The Morgan fingerprint density at radius 2 is 0.613 bits per heavy atom. The van der Waals surface area contributed by atoms with Crippen molar-refractivity contribution in [3.63, 3.8) is 0 Å². The van der Waals surface area contributed by atoms with E-state index in [2.05, 4.69) is 4.74 Å². The summed E-state index contributed by atoms with van der Waals surface area (Å²) < 4.78 is -22.9. The van der Waals surface area contributed by atoms with Crippen LogP contribution in [0.5, 0.6) is 0 Å². The molecular weight excluding hydrogens is 826 g/mol. The van der Waals surface area contributed by atoms with Gasteiger partial charge in [-0.25, -0.2) is 0 Å². The third kappa shape index (κ3) is 5.80. The highest BCUT2D eigenvalue weighted by atomic mass is 35.6. The lowest BCUT2D eigenvalue weighted by Gasteiger charge is -2.54. The maximum absolute atomic E-state index is 10.7. The van der Waals surface area contributed by atoms with Gasteiger partial charge in [0.15, 0.2) is 21.7 Å². The molecule has 0 fully saturated rings. The van der Waals surface area contributed by atoms with Gasteiger partial charge in [-0.2, -0.15) is 0 Å². The molecule has 31 heavy (non-hydrogen) atoms. The lowest BCUT2D eigenvalue weighted by Crippen LogP contribution is -2.71. The Hall–Kier alpha value is 4.98. The number of alkyl halides is 19. The molecular formula is C10HCl19O2. The van der Waals surface area contributed by atoms with Gasteiger partial charge < -0.3 is 4.74 Å². The SMILES string of the molecule is O=COC(Cl)(Cl)C(Cl)(Cl)C(Cl)(Cl)C(Cl)(Cl)C(Cl)(Cl)C(Cl)(Cl)C(Cl)(Cl)C(Cl)(Cl)C(Cl)(Cl)Cl. The van der Waals surface area contributed by atoms with Gasteiger partial charge in [-0.1, -0.05) is 220 Å². The highest BCUT2D eigenvalue weighted by Crippen LogP contribution is 2.73. The van der Waals surface area contributed by atoms with Crippen LogP contribution in [0.3, 0.4) is 0 Å². The number of carbonyl (C=O) groups is 1. The lowest BCUT2D eigenvalue weighted by atomic mass is 10.0. The Labute approximate surface area is 271 Å². The van der Waals surface area contributed by atoms with Crippen LogP contribution in [0.1, 0.15) is 0 Å². The molecule has 0 amide bonds. The van der Waals surface area contributed by atoms with E-state index in [4.69, 9.17) is 220 Å². The van der Waals surface area contributed by atoms with Gasteiger partial charge in [-0.05, 0) is 0 Å². The van der Waals surface area contributed by atoms with Crippen molar-refractivity contribution in [1.29, 1.82) is 0 Å². The molecule has 0 atom stereocenters. The summed E-state index contributed by atoms with van der Waals surface area (Å²) >= 11 is 114. The molecule has 0 aromatic carbocycles. The first-order chi connectivity index (χ1) is 13.1. The van der Waals surface area contributed by atoms with Crippen molar-refractivity contribution >= 4 is 227 Å². The Morgan fingerprint density at radius 3 is 0.839 bits per heavy atom. The van der Waals surface area contributed by atoms with E-state index in [1.165, 1.54) is 0 Å². The van der Waals surface area contributed by atoms with E-state index < -0.39 is 38.6 Å². The standard InChI is InChI=1S/C10HCl19O2/c11-2(12,3(13,14)5(17,18)7(21,22)9(25,26)27)4(15,16)6(19,20)8(23,24)10(28,29)31-1-30/h1H. The summed E-state index contributed by atoms with van der Waals surface area (Å²) in [7, 11) is 0. The third-order valence-corrected chi connectivity index (χ3v) is 16.1. The molecule has 186 valence electrons. The van der Waals surface area contributed by atoms with Gasteiger partial charge in [0, 0.05) is 0 Å². The van der Waals surface area contributed by atoms with E-state index in [1.807, 2.05) is 0 Å². The summed E-state index contributed by atoms with van der Waals surface area (Å²) in [4.78, 5) is 10.7. The summed E-state index contributed by atoms with van der Waals surface area (Å²) in [6.07, 6.45) is 0. The maximum atomic E-state index is 10.7. The second-order valence-electron chi connectivity index (χ2n) is 5.25. The molecule has 0 spiro atoms. The zero-order chi connectivity index (χ0) is 25.9. The van der Waals surface area contributed by atoms with Crippen LogP contribution in [0.4, 0.5) is 0 Å². The highest BCUT2D eigenvalue weighted by Gasteiger charge is 2.83. The zero-order valence-electron chi connectivity index (χ0n) is 13.1. The molecule has 0 bridgehead atoms. The quantitative estimate of drug-likeness (QED) is 0.171. The van der Waals surface area contributed by atoms with Crippen molar-refractivity contribution in [3.8, 4) is 0 Å². The number of hydrogen-bond acceptors (Lipinski definition) is 2. The minimum absolute atomic E-state index is 0.269. The first-order valence-electron chi connectivity index (χ1n) is 6.27. The van der Waals surface area contributed by atoms with Gasteiger partial charge in [0.2, 0.25) is 12.5 Å². The minimum atomic E-state index is -3.19. The van der Waals surface area contributed by atoms with E-state index >= 15 is 0 Å². The van der Waals surface area contributed by atoms with E-state index in [9.17, 15) is 4.79 Å². The molecule has 0 aliphatic heterocycles. The number of carbonyl (C=O) groups excluding carboxylic acids is 1. The average Bonchev–Trinajstić information content (AvgIpc) is 2.52. The molecule has 0 heterocycles. The largest absolute Gasteiger partial charge is 0.427 e. The van der Waals surface area contributed by atoms with E-state index in [0.29, 0.717) is 0 Å². The second-order valence-corrected chi connectivity index (χ2v) is 18.1. The molecule has 0 N–H and O–H groups in total. The van der Waals surface area contributed by atoms with Crippen molar-refractivity contribution in [2.45, 2.75) is 38.6 Å². The van der Waals surface area contributed by atoms with Crippen molar-refractivity contribution in [2.24, 2.45) is 0 Å². The summed E-state index contributed by atoms with van der Waals surface area (Å²) in [6.45, 7) is -0.269. The topological polar surface area (TPSA) is 26.3 Å². The lowest BCUT2D eigenvalue weighted by molar-refractivity contribution is -0.132. The molecule has 0 aliphatic rings. The molecule has 0 aliphatic carbocycles. The Balaban J connectivity index is 6.87. The molecule has 0 aromatic rings. The van der Waals surface area contributed by atoms with Gasteiger partial charge in [-0.3, -0.25) is 4.79 Å². The van der Waals surface area contributed by atoms with Gasteiger partial charge in [0.1, 0.15) is 0 Å².